The van der Waals surface area contributed by atoms with Gasteiger partial charge in [0.15, 0.2) is 16.8 Å². The lowest BCUT2D eigenvalue weighted by molar-refractivity contribution is -0.119. The summed E-state index contributed by atoms with van der Waals surface area (Å²) in [6, 6.07) is 2.40. The summed E-state index contributed by atoms with van der Waals surface area (Å²) < 4.78 is 26.2. The Balaban J connectivity index is 1.61. The first-order valence-electron chi connectivity index (χ1n) is 6.89. The highest BCUT2D eigenvalue weighted by Crippen LogP contribution is 2.22. The Kier molecular flexibility index (Phi) is 4.10. The van der Waals surface area contributed by atoms with Crippen molar-refractivity contribution in [2.24, 2.45) is 0 Å². The van der Waals surface area contributed by atoms with E-state index in [9.17, 15) is 13.6 Å². The van der Waals surface area contributed by atoms with Crippen LogP contribution in [0.2, 0.25) is 0 Å². The molecule has 112 valence electrons. The van der Waals surface area contributed by atoms with Crippen molar-refractivity contribution in [3.63, 3.8) is 0 Å². The van der Waals surface area contributed by atoms with E-state index in [2.05, 4.69) is 15.3 Å². The van der Waals surface area contributed by atoms with Crippen LogP contribution in [0, 0.1) is 11.6 Å². The molecule has 1 aliphatic carbocycles. The molecule has 1 saturated carbocycles. The molecule has 0 aliphatic heterocycles. The molecule has 7 heteroatoms. The molecule has 0 atom stereocenters. The quantitative estimate of drug-likeness (QED) is 0.854. The largest absolute Gasteiger partial charge is 0.353 e. The molecular formula is C14H15F2N3OS. The number of rotatable bonds is 4. The molecule has 4 nitrogen and oxygen atoms in total. The highest BCUT2D eigenvalue weighted by atomic mass is 32.2. The van der Waals surface area contributed by atoms with Crippen LogP contribution in [0.3, 0.4) is 0 Å². The second-order valence-electron chi connectivity index (χ2n) is 5.16. The molecule has 21 heavy (non-hydrogen) atoms. The number of hydrogen-bond donors (Lipinski definition) is 2. The number of benzene rings is 1. The predicted molar refractivity (Wildman–Crippen MR) is 77.1 cm³/mol. The molecule has 0 bridgehead atoms. The molecule has 1 aliphatic rings. The molecule has 1 aromatic carbocycles. The predicted octanol–water partition coefficient (Wildman–Crippen LogP) is 2.99. The second kappa shape index (κ2) is 6.01. The average Bonchev–Trinajstić information content (AvgIpc) is 3.06. The number of carbonyl (C=O) groups excluding carboxylic acids is 1. The molecule has 3 rings (SSSR count). The Labute approximate surface area is 124 Å². The lowest BCUT2D eigenvalue weighted by Crippen LogP contribution is -2.33. The van der Waals surface area contributed by atoms with Gasteiger partial charge in [-0.25, -0.2) is 13.8 Å². The number of aromatic amines is 1. The first kappa shape index (κ1) is 14.3. The van der Waals surface area contributed by atoms with Gasteiger partial charge in [-0.05, 0) is 12.8 Å². The number of H-pyrrole nitrogens is 1. The molecule has 0 unspecified atom stereocenters. The van der Waals surface area contributed by atoms with E-state index in [1.54, 1.807) is 0 Å². The van der Waals surface area contributed by atoms with Crippen LogP contribution in [0.15, 0.2) is 17.3 Å². The standard InChI is InChI=1S/C14H15F2N3OS/c15-9-5-11-12(6-10(9)16)19-14(18-11)21-7-13(20)17-8-3-1-2-4-8/h5-6,8H,1-4,7H2,(H,17,20)(H,18,19). The van der Waals surface area contributed by atoms with Gasteiger partial charge in [0, 0.05) is 18.2 Å². The van der Waals surface area contributed by atoms with Crippen molar-refractivity contribution in [2.45, 2.75) is 36.9 Å². The maximum atomic E-state index is 13.1. The number of fused-ring (bicyclic) bond motifs is 1. The van der Waals surface area contributed by atoms with Gasteiger partial charge in [0.2, 0.25) is 5.91 Å². The Hall–Kier alpha value is -1.63. The van der Waals surface area contributed by atoms with E-state index in [0.29, 0.717) is 16.2 Å². The number of nitrogens with zero attached hydrogens (tertiary/aromatic N) is 1. The summed E-state index contributed by atoms with van der Waals surface area (Å²) in [5.41, 5.74) is 0.778. The Morgan fingerprint density at radius 2 is 2.05 bits per heavy atom. The van der Waals surface area contributed by atoms with Crippen LogP contribution in [0.5, 0.6) is 0 Å². The zero-order valence-electron chi connectivity index (χ0n) is 11.3. The van der Waals surface area contributed by atoms with E-state index in [1.807, 2.05) is 0 Å². The summed E-state index contributed by atoms with van der Waals surface area (Å²) in [5.74, 6) is -1.64. The molecule has 2 aromatic rings. The van der Waals surface area contributed by atoms with Crippen LogP contribution in [-0.2, 0) is 4.79 Å². The van der Waals surface area contributed by atoms with Crippen molar-refractivity contribution < 1.29 is 13.6 Å². The Bertz CT molecular complexity index is 629. The van der Waals surface area contributed by atoms with E-state index in [4.69, 9.17) is 0 Å². The molecule has 0 saturated heterocycles. The van der Waals surface area contributed by atoms with E-state index in [0.717, 1.165) is 25.0 Å². The van der Waals surface area contributed by atoms with Crippen molar-refractivity contribution in [3.8, 4) is 0 Å². The van der Waals surface area contributed by atoms with Gasteiger partial charge in [-0.1, -0.05) is 24.6 Å². The van der Waals surface area contributed by atoms with Crippen molar-refractivity contribution in [1.82, 2.24) is 15.3 Å². The number of carbonyl (C=O) groups is 1. The Morgan fingerprint density at radius 3 is 2.81 bits per heavy atom. The van der Waals surface area contributed by atoms with Gasteiger partial charge in [-0.2, -0.15) is 0 Å². The molecular weight excluding hydrogens is 296 g/mol. The summed E-state index contributed by atoms with van der Waals surface area (Å²) in [7, 11) is 0. The number of halogens is 2. The minimum Gasteiger partial charge on any atom is -0.353 e. The average molecular weight is 311 g/mol. The van der Waals surface area contributed by atoms with Gasteiger partial charge in [-0.3, -0.25) is 4.79 Å². The number of nitrogens with one attached hydrogen (secondary N) is 2. The summed E-state index contributed by atoms with van der Waals surface area (Å²) in [4.78, 5) is 18.8. The fraction of sp³-hybridized carbons (Fsp3) is 0.429. The van der Waals surface area contributed by atoms with Crippen molar-refractivity contribution in [1.29, 1.82) is 0 Å². The van der Waals surface area contributed by atoms with Gasteiger partial charge in [-0.15, -0.1) is 0 Å². The van der Waals surface area contributed by atoms with Gasteiger partial charge < -0.3 is 10.3 Å². The summed E-state index contributed by atoms with van der Waals surface area (Å²) in [5, 5.41) is 3.46. The summed E-state index contributed by atoms with van der Waals surface area (Å²) in [6.07, 6.45) is 4.41. The van der Waals surface area contributed by atoms with Crippen LogP contribution in [0.25, 0.3) is 11.0 Å². The molecule has 0 spiro atoms. The number of imidazole rings is 1. The number of amides is 1. The van der Waals surface area contributed by atoms with Crippen LogP contribution in [0.4, 0.5) is 8.78 Å². The Morgan fingerprint density at radius 1 is 1.33 bits per heavy atom. The van der Waals surface area contributed by atoms with Gasteiger partial charge in [0.25, 0.3) is 0 Å². The van der Waals surface area contributed by atoms with Crippen LogP contribution >= 0.6 is 11.8 Å². The molecule has 2 N–H and O–H groups in total. The summed E-state index contributed by atoms with van der Waals surface area (Å²) >= 11 is 1.23. The van der Waals surface area contributed by atoms with Crippen molar-refractivity contribution >= 4 is 28.7 Å². The molecule has 1 heterocycles. The fourth-order valence-corrected chi connectivity index (χ4v) is 3.22. The third-order valence-electron chi connectivity index (χ3n) is 3.56. The normalized spacial score (nSPS) is 15.7. The highest BCUT2D eigenvalue weighted by molar-refractivity contribution is 7.99. The van der Waals surface area contributed by atoms with Crippen LogP contribution < -0.4 is 5.32 Å². The number of aromatic nitrogens is 2. The van der Waals surface area contributed by atoms with E-state index in [-0.39, 0.29) is 17.7 Å². The molecule has 1 fully saturated rings. The van der Waals surface area contributed by atoms with Crippen LogP contribution in [-0.4, -0.2) is 27.7 Å². The maximum absolute atomic E-state index is 13.1. The number of hydrogen-bond acceptors (Lipinski definition) is 3. The van der Waals surface area contributed by atoms with E-state index < -0.39 is 11.6 Å². The monoisotopic (exact) mass is 311 g/mol. The van der Waals surface area contributed by atoms with Crippen LogP contribution in [0.1, 0.15) is 25.7 Å². The highest BCUT2D eigenvalue weighted by Gasteiger charge is 2.17. The first-order chi connectivity index (χ1) is 10.1. The lowest BCUT2D eigenvalue weighted by Gasteiger charge is -2.10. The zero-order valence-corrected chi connectivity index (χ0v) is 12.1. The second-order valence-corrected chi connectivity index (χ2v) is 6.13. The zero-order chi connectivity index (χ0) is 14.8. The van der Waals surface area contributed by atoms with Crippen molar-refractivity contribution in [3.05, 3.63) is 23.8 Å². The smallest absolute Gasteiger partial charge is 0.230 e. The SMILES string of the molecule is O=C(CSc1nc2cc(F)c(F)cc2[nH]1)NC1CCCC1. The number of thioether (sulfide) groups is 1. The lowest BCUT2D eigenvalue weighted by atomic mass is 10.2. The van der Waals surface area contributed by atoms with E-state index >= 15 is 0 Å². The minimum absolute atomic E-state index is 0.0373. The van der Waals surface area contributed by atoms with E-state index in [1.165, 1.54) is 24.6 Å². The maximum Gasteiger partial charge on any atom is 0.230 e. The third kappa shape index (κ3) is 3.34. The van der Waals surface area contributed by atoms with Gasteiger partial charge >= 0.3 is 0 Å². The topological polar surface area (TPSA) is 57.8 Å². The van der Waals surface area contributed by atoms with Gasteiger partial charge in [0.05, 0.1) is 16.8 Å². The van der Waals surface area contributed by atoms with Gasteiger partial charge in [0.1, 0.15) is 0 Å². The van der Waals surface area contributed by atoms with Crippen molar-refractivity contribution in [2.75, 3.05) is 5.75 Å². The minimum atomic E-state index is -0.926. The fourth-order valence-electron chi connectivity index (χ4n) is 2.52. The molecule has 1 amide bonds. The molecule has 0 radical (unpaired) electrons. The third-order valence-corrected chi connectivity index (χ3v) is 4.44. The molecule has 1 aromatic heterocycles. The summed E-state index contributed by atoms with van der Waals surface area (Å²) in [6.45, 7) is 0. The first-order valence-corrected chi connectivity index (χ1v) is 7.87.